The number of aliphatic carboxylic acids is 1. The first-order chi connectivity index (χ1) is 10.2. The lowest BCUT2D eigenvalue weighted by molar-refractivity contribution is -0.147. The fourth-order valence-electron chi connectivity index (χ4n) is 1.68. The summed E-state index contributed by atoms with van der Waals surface area (Å²) >= 11 is 0. The minimum absolute atomic E-state index is 0.0163. The molecule has 0 saturated carbocycles. The number of benzene rings is 2. The standard InChI is InChI=1S/C16H16O5/c1-19-11-15(16(17)18)21-14-9-7-13(8-10-14)20-12-5-3-2-4-6-12/h2-10,15H,11H2,1H3,(H,17,18). The molecule has 2 aromatic rings. The van der Waals surface area contributed by atoms with Crippen LogP contribution in [0.1, 0.15) is 0 Å². The predicted octanol–water partition coefficient (Wildman–Crippen LogP) is 2.96. The number of hydrogen-bond acceptors (Lipinski definition) is 4. The first-order valence-corrected chi connectivity index (χ1v) is 6.40. The van der Waals surface area contributed by atoms with Crippen molar-refractivity contribution >= 4 is 5.97 Å². The molecular formula is C16H16O5. The highest BCUT2D eigenvalue weighted by Gasteiger charge is 2.19. The summed E-state index contributed by atoms with van der Waals surface area (Å²) in [4.78, 5) is 11.0. The molecule has 1 unspecified atom stereocenters. The van der Waals surface area contributed by atoms with Gasteiger partial charge in [0.05, 0.1) is 6.61 Å². The summed E-state index contributed by atoms with van der Waals surface area (Å²) in [5.74, 6) is 0.752. The van der Waals surface area contributed by atoms with Gasteiger partial charge in [-0.05, 0) is 36.4 Å². The summed E-state index contributed by atoms with van der Waals surface area (Å²) in [6, 6.07) is 16.1. The van der Waals surface area contributed by atoms with E-state index in [1.807, 2.05) is 30.3 Å². The van der Waals surface area contributed by atoms with Gasteiger partial charge >= 0.3 is 5.97 Å². The monoisotopic (exact) mass is 288 g/mol. The van der Waals surface area contributed by atoms with Crippen LogP contribution >= 0.6 is 0 Å². The molecule has 1 N–H and O–H groups in total. The highest BCUT2D eigenvalue weighted by molar-refractivity contribution is 5.72. The first-order valence-electron chi connectivity index (χ1n) is 6.40. The minimum atomic E-state index is -1.07. The third kappa shape index (κ3) is 4.50. The zero-order valence-corrected chi connectivity index (χ0v) is 11.6. The molecule has 0 aliphatic rings. The van der Waals surface area contributed by atoms with Gasteiger partial charge in [0.15, 0.2) is 0 Å². The average Bonchev–Trinajstić information content (AvgIpc) is 2.49. The molecule has 0 saturated heterocycles. The fourth-order valence-corrected chi connectivity index (χ4v) is 1.68. The van der Waals surface area contributed by atoms with Gasteiger partial charge in [0, 0.05) is 7.11 Å². The molecule has 5 heteroatoms. The van der Waals surface area contributed by atoms with Crippen molar-refractivity contribution < 1.29 is 24.1 Å². The second kappa shape index (κ2) is 7.31. The highest BCUT2D eigenvalue weighted by atomic mass is 16.5. The van der Waals surface area contributed by atoms with Crippen LogP contribution in [0.15, 0.2) is 54.6 Å². The number of methoxy groups -OCH3 is 1. The summed E-state index contributed by atoms with van der Waals surface area (Å²) < 4.78 is 15.8. The Morgan fingerprint density at radius 1 is 1.00 bits per heavy atom. The summed E-state index contributed by atoms with van der Waals surface area (Å²) in [7, 11) is 1.43. The third-order valence-electron chi connectivity index (χ3n) is 2.67. The SMILES string of the molecule is COCC(Oc1ccc(Oc2ccccc2)cc1)C(=O)O. The van der Waals surface area contributed by atoms with E-state index in [2.05, 4.69) is 0 Å². The van der Waals surface area contributed by atoms with Crippen LogP contribution in [0.2, 0.25) is 0 Å². The predicted molar refractivity (Wildman–Crippen MR) is 76.9 cm³/mol. The Kier molecular flexibility index (Phi) is 5.17. The lowest BCUT2D eigenvalue weighted by Crippen LogP contribution is -2.31. The van der Waals surface area contributed by atoms with Crippen LogP contribution in [0.5, 0.6) is 17.2 Å². The molecule has 0 aliphatic carbocycles. The molecule has 21 heavy (non-hydrogen) atoms. The number of hydrogen-bond donors (Lipinski definition) is 1. The molecule has 0 bridgehead atoms. The van der Waals surface area contributed by atoms with Crippen LogP contribution in [-0.2, 0) is 9.53 Å². The van der Waals surface area contributed by atoms with E-state index in [9.17, 15) is 4.79 Å². The zero-order valence-electron chi connectivity index (χ0n) is 11.6. The Morgan fingerprint density at radius 2 is 1.57 bits per heavy atom. The molecule has 0 fully saturated rings. The van der Waals surface area contributed by atoms with E-state index in [0.717, 1.165) is 5.75 Å². The highest BCUT2D eigenvalue weighted by Crippen LogP contribution is 2.24. The third-order valence-corrected chi connectivity index (χ3v) is 2.67. The van der Waals surface area contributed by atoms with Gasteiger partial charge in [-0.15, -0.1) is 0 Å². The van der Waals surface area contributed by atoms with Gasteiger partial charge in [-0.25, -0.2) is 4.79 Å². The van der Waals surface area contributed by atoms with Crippen molar-refractivity contribution in [1.29, 1.82) is 0 Å². The molecule has 2 aromatic carbocycles. The van der Waals surface area contributed by atoms with Crippen molar-refractivity contribution in [2.45, 2.75) is 6.10 Å². The smallest absolute Gasteiger partial charge is 0.347 e. The van der Waals surface area contributed by atoms with Crippen molar-refractivity contribution in [3.63, 3.8) is 0 Å². The Hall–Kier alpha value is -2.53. The maximum atomic E-state index is 11.0. The van der Waals surface area contributed by atoms with E-state index < -0.39 is 12.1 Å². The molecule has 0 amide bonds. The second-order valence-corrected chi connectivity index (χ2v) is 4.29. The second-order valence-electron chi connectivity index (χ2n) is 4.29. The van der Waals surface area contributed by atoms with Crippen LogP contribution in [-0.4, -0.2) is 30.9 Å². The molecule has 0 heterocycles. The molecule has 110 valence electrons. The lowest BCUT2D eigenvalue weighted by atomic mass is 10.3. The number of ether oxygens (including phenoxy) is 3. The van der Waals surface area contributed by atoms with Gasteiger partial charge in [-0.1, -0.05) is 18.2 Å². The van der Waals surface area contributed by atoms with E-state index in [0.29, 0.717) is 11.5 Å². The Morgan fingerprint density at radius 3 is 2.14 bits per heavy atom. The number of carboxylic acids is 1. The Balaban J connectivity index is 2.00. The molecule has 1 atom stereocenters. The number of para-hydroxylation sites is 1. The van der Waals surface area contributed by atoms with Crippen molar-refractivity contribution in [3.05, 3.63) is 54.6 Å². The van der Waals surface area contributed by atoms with Gasteiger partial charge in [-0.2, -0.15) is 0 Å². The van der Waals surface area contributed by atoms with Gasteiger partial charge in [0.2, 0.25) is 6.10 Å². The Labute approximate surface area is 122 Å². The van der Waals surface area contributed by atoms with Gasteiger partial charge in [0.1, 0.15) is 17.2 Å². The lowest BCUT2D eigenvalue weighted by Gasteiger charge is -2.14. The minimum Gasteiger partial charge on any atom is -0.478 e. The van der Waals surface area contributed by atoms with E-state index in [-0.39, 0.29) is 6.61 Å². The molecule has 0 radical (unpaired) electrons. The van der Waals surface area contributed by atoms with Crippen molar-refractivity contribution in [2.24, 2.45) is 0 Å². The average molecular weight is 288 g/mol. The van der Waals surface area contributed by atoms with E-state index in [1.165, 1.54) is 7.11 Å². The van der Waals surface area contributed by atoms with Crippen LogP contribution in [0, 0.1) is 0 Å². The number of carbonyl (C=O) groups is 1. The molecular weight excluding hydrogens is 272 g/mol. The van der Waals surface area contributed by atoms with Crippen molar-refractivity contribution in [2.75, 3.05) is 13.7 Å². The van der Waals surface area contributed by atoms with Gasteiger partial charge in [0.25, 0.3) is 0 Å². The quantitative estimate of drug-likeness (QED) is 0.848. The van der Waals surface area contributed by atoms with Gasteiger partial charge in [-0.3, -0.25) is 0 Å². The van der Waals surface area contributed by atoms with E-state index in [4.69, 9.17) is 19.3 Å². The van der Waals surface area contributed by atoms with Crippen LogP contribution in [0.4, 0.5) is 0 Å². The normalized spacial score (nSPS) is 11.7. The van der Waals surface area contributed by atoms with E-state index >= 15 is 0 Å². The van der Waals surface area contributed by atoms with Gasteiger partial charge < -0.3 is 19.3 Å². The largest absolute Gasteiger partial charge is 0.478 e. The summed E-state index contributed by atoms with van der Waals surface area (Å²) in [5.41, 5.74) is 0. The van der Waals surface area contributed by atoms with Crippen LogP contribution in [0.25, 0.3) is 0 Å². The maximum Gasteiger partial charge on any atom is 0.347 e. The van der Waals surface area contributed by atoms with Crippen LogP contribution < -0.4 is 9.47 Å². The van der Waals surface area contributed by atoms with E-state index in [1.54, 1.807) is 24.3 Å². The molecule has 0 spiro atoms. The number of carboxylic acid groups (broad SMARTS) is 1. The summed E-state index contributed by atoms with van der Waals surface area (Å²) in [6.07, 6.45) is -1.03. The molecule has 2 rings (SSSR count). The number of rotatable bonds is 7. The molecule has 0 aliphatic heterocycles. The summed E-state index contributed by atoms with van der Waals surface area (Å²) in [6.45, 7) is -0.0163. The van der Waals surface area contributed by atoms with Crippen LogP contribution in [0.3, 0.4) is 0 Å². The molecule has 5 nitrogen and oxygen atoms in total. The summed E-state index contributed by atoms with van der Waals surface area (Å²) in [5, 5.41) is 8.99. The maximum absolute atomic E-state index is 11.0. The zero-order chi connectivity index (χ0) is 15.1. The first kappa shape index (κ1) is 14.9. The van der Waals surface area contributed by atoms with Crippen molar-refractivity contribution in [1.82, 2.24) is 0 Å². The topological polar surface area (TPSA) is 65.0 Å². The molecule has 0 aromatic heterocycles. The van der Waals surface area contributed by atoms with Crippen molar-refractivity contribution in [3.8, 4) is 17.2 Å². The Bertz CT molecular complexity index is 565. The fraction of sp³-hybridized carbons (Fsp3) is 0.188.